The van der Waals surface area contributed by atoms with E-state index < -0.39 is 0 Å². The molecule has 3 aromatic rings. The van der Waals surface area contributed by atoms with E-state index in [1.807, 2.05) is 42.9 Å². The van der Waals surface area contributed by atoms with Crippen LogP contribution >= 0.6 is 0 Å². The average molecular weight is 330 g/mol. The summed E-state index contributed by atoms with van der Waals surface area (Å²) < 4.78 is 2.03. The van der Waals surface area contributed by atoms with Crippen molar-refractivity contribution in [1.82, 2.24) is 19.5 Å². The monoisotopic (exact) mass is 330 g/mol. The van der Waals surface area contributed by atoms with Crippen molar-refractivity contribution in [3.05, 3.63) is 71.3 Å². The van der Waals surface area contributed by atoms with E-state index in [4.69, 9.17) is 0 Å². The Bertz CT molecular complexity index is 911. The second kappa shape index (κ2) is 7.76. The highest BCUT2D eigenvalue weighted by atomic mass is 15.1. The largest absolute Gasteiger partial charge is 0.301 e. The maximum atomic E-state index is 4.55. The molecule has 3 heterocycles. The normalized spacial score (nSPS) is 10.4. The number of aryl methyl sites for hydroxylation is 3. The van der Waals surface area contributed by atoms with Gasteiger partial charge in [0, 0.05) is 29.3 Å². The first-order valence-corrected chi connectivity index (χ1v) is 8.61. The molecule has 0 spiro atoms. The highest BCUT2D eigenvalue weighted by Gasteiger charge is 2.05. The summed E-state index contributed by atoms with van der Waals surface area (Å²) in [7, 11) is 0. The Balaban J connectivity index is 1.81. The van der Waals surface area contributed by atoms with Gasteiger partial charge in [-0.2, -0.15) is 0 Å². The standard InChI is InChI=1S/C21H22N4/c1-4-5-6-19-9-10-21(14-23-19)25-15-20(24-17(25)3)8-7-18-11-12-22-16(2)13-18/h9-15H,4-6H2,1-3H3. The Morgan fingerprint density at radius 1 is 1.08 bits per heavy atom. The Kier molecular flexibility index (Phi) is 5.25. The number of hydrogen-bond acceptors (Lipinski definition) is 3. The topological polar surface area (TPSA) is 43.6 Å². The molecular formula is C21H22N4. The summed E-state index contributed by atoms with van der Waals surface area (Å²) in [6, 6.07) is 8.06. The molecule has 25 heavy (non-hydrogen) atoms. The summed E-state index contributed by atoms with van der Waals surface area (Å²) in [4.78, 5) is 13.3. The lowest BCUT2D eigenvalue weighted by Gasteiger charge is -2.05. The Morgan fingerprint density at radius 2 is 1.96 bits per heavy atom. The van der Waals surface area contributed by atoms with Gasteiger partial charge in [-0.3, -0.25) is 9.97 Å². The molecule has 0 unspecified atom stereocenters. The molecule has 0 radical (unpaired) electrons. The van der Waals surface area contributed by atoms with Gasteiger partial charge in [0.15, 0.2) is 0 Å². The van der Waals surface area contributed by atoms with Gasteiger partial charge in [-0.15, -0.1) is 0 Å². The molecule has 0 fully saturated rings. The first kappa shape index (κ1) is 16.9. The lowest BCUT2D eigenvalue weighted by atomic mass is 10.2. The van der Waals surface area contributed by atoms with Crippen molar-refractivity contribution in [2.75, 3.05) is 0 Å². The van der Waals surface area contributed by atoms with Crippen LogP contribution in [0.5, 0.6) is 0 Å². The van der Waals surface area contributed by atoms with Gasteiger partial charge in [-0.1, -0.05) is 19.3 Å². The molecule has 0 N–H and O–H groups in total. The van der Waals surface area contributed by atoms with E-state index >= 15 is 0 Å². The predicted octanol–water partition coefficient (Wildman–Crippen LogP) is 4.02. The van der Waals surface area contributed by atoms with Crippen LogP contribution in [0.15, 0.2) is 42.9 Å². The second-order valence-electron chi connectivity index (χ2n) is 6.09. The minimum absolute atomic E-state index is 0.752. The number of nitrogens with zero attached hydrogens (tertiary/aromatic N) is 4. The molecule has 0 amide bonds. The van der Waals surface area contributed by atoms with Gasteiger partial charge in [0.25, 0.3) is 0 Å². The van der Waals surface area contributed by atoms with E-state index in [1.54, 1.807) is 6.20 Å². The SMILES string of the molecule is CCCCc1ccc(-n2cc(C#Cc3ccnc(C)c3)nc2C)cn1. The van der Waals surface area contributed by atoms with Crippen LogP contribution in [0.25, 0.3) is 5.69 Å². The number of imidazole rings is 1. The van der Waals surface area contributed by atoms with Gasteiger partial charge in [-0.05, 0) is 56.9 Å². The highest BCUT2D eigenvalue weighted by molar-refractivity contribution is 5.41. The van der Waals surface area contributed by atoms with Crippen molar-refractivity contribution in [2.45, 2.75) is 40.0 Å². The van der Waals surface area contributed by atoms with E-state index in [-0.39, 0.29) is 0 Å². The van der Waals surface area contributed by atoms with Crippen LogP contribution < -0.4 is 0 Å². The van der Waals surface area contributed by atoms with Crippen LogP contribution in [0.1, 0.15) is 48.2 Å². The summed E-state index contributed by atoms with van der Waals surface area (Å²) in [5.74, 6) is 7.17. The van der Waals surface area contributed by atoms with E-state index in [9.17, 15) is 0 Å². The van der Waals surface area contributed by atoms with Crippen molar-refractivity contribution in [3.8, 4) is 17.5 Å². The smallest absolute Gasteiger partial charge is 0.132 e. The van der Waals surface area contributed by atoms with E-state index in [1.165, 1.54) is 12.8 Å². The van der Waals surface area contributed by atoms with Crippen LogP contribution in [0, 0.1) is 25.7 Å². The van der Waals surface area contributed by atoms with Gasteiger partial charge >= 0.3 is 0 Å². The van der Waals surface area contributed by atoms with E-state index in [2.05, 4.69) is 45.8 Å². The lowest BCUT2D eigenvalue weighted by Crippen LogP contribution is -1.98. The summed E-state index contributed by atoms with van der Waals surface area (Å²) in [5, 5.41) is 0. The summed E-state index contributed by atoms with van der Waals surface area (Å²) >= 11 is 0. The number of rotatable bonds is 4. The van der Waals surface area contributed by atoms with Gasteiger partial charge in [0.05, 0.1) is 11.9 Å². The van der Waals surface area contributed by atoms with Crippen molar-refractivity contribution in [2.24, 2.45) is 0 Å². The third kappa shape index (κ3) is 4.33. The van der Waals surface area contributed by atoms with Crippen LogP contribution in [0.4, 0.5) is 0 Å². The Morgan fingerprint density at radius 3 is 2.68 bits per heavy atom. The van der Waals surface area contributed by atoms with E-state index in [0.29, 0.717) is 0 Å². The van der Waals surface area contributed by atoms with E-state index in [0.717, 1.165) is 40.6 Å². The molecule has 4 heteroatoms. The third-order valence-electron chi connectivity index (χ3n) is 3.99. The minimum atomic E-state index is 0.752. The van der Waals surface area contributed by atoms with Crippen LogP contribution in [0.3, 0.4) is 0 Å². The first-order chi connectivity index (χ1) is 12.2. The number of unbranched alkanes of at least 4 members (excludes halogenated alkanes) is 1. The average Bonchev–Trinajstić information content (AvgIpc) is 2.99. The molecule has 126 valence electrons. The van der Waals surface area contributed by atoms with Crippen LogP contribution in [-0.4, -0.2) is 19.5 Å². The molecule has 0 aliphatic heterocycles. The molecule has 0 aliphatic carbocycles. The number of aromatic nitrogens is 4. The zero-order valence-electron chi connectivity index (χ0n) is 15.0. The lowest BCUT2D eigenvalue weighted by molar-refractivity contribution is 0.775. The predicted molar refractivity (Wildman–Crippen MR) is 99.7 cm³/mol. The third-order valence-corrected chi connectivity index (χ3v) is 3.99. The molecule has 3 aromatic heterocycles. The van der Waals surface area contributed by atoms with Gasteiger partial charge in [0.2, 0.25) is 0 Å². The van der Waals surface area contributed by atoms with Crippen LogP contribution in [0.2, 0.25) is 0 Å². The highest BCUT2D eigenvalue weighted by Crippen LogP contribution is 2.13. The fourth-order valence-electron chi connectivity index (χ4n) is 2.62. The number of hydrogen-bond donors (Lipinski definition) is 0. The quantitative estimate of drug-likeness (QED) is 0.679. The van der Waals surface area contributed by atoms with Gasteiger partial charge < -0.3 is 4.57 Å². The minimum Gasteiger partial charge on any atom is -0.301 e. The zero-order chi connectivity index (χ0) is 17.6. The zero-order valence-corrected chi connectivity index (χ0v) is 15.0. The molecular weight excluding hydrogens is 308 g/mol. The van der Waals surface area contributed by atoms with Gasteiger partial charge in [0.1, 0.15) is 11.5 Å². The molecule has 0 atom stereocenters. The maximum absolute atomic E-state index is 4.55. The summed E-state index contributed by atoms with van der Waals surface area (Å²) in [5.41, 5.74) is 4.81. The molecule has 3 rings (SSSR count). The molecule has 0 bridgehead atoms. The molecule has 0 saturated carbocycles. The van der Waals surface area contributed by atoms with Crippen LogP contribution in [-0.2, 0) is 6.42 Å². The fourth-order valence-corrected chi connectivity index (χ4v) is 2.62. The van der Waals surface area contributed by atoms with Crippen molar-refractivity contribution in [1.29, 1.82) is 0 Å². The molecule has 0 saturated heterocycles. The fraction of sp³-hybridized carbons (Fsp3) is 0.286. The molecule has 0 aliphatic rings. The maximum Gasteiger partial charge on any atom is 0.132 e. The first-order valence-electron chi connectivity index (χ1n) is 8.61. The molecule has 4 nitrogen and oxygen atoms in total. The van der Waals surface area contributed by atoms with Crippen molar-refractivity contribution >= 4 is 0 Å². The second-order valence-corrected chi connectivity index (χ2v) is 6.09. The van der Waals surface area contributed by atoms with Crippen molar-refractivity contribution < 1.29 is 0 Å². The summed E-state index contributed by atoms with van der Waals surface area (Å²) in [6.07, 6.45) is 9.02. The van der Waals surface area contributed by atoms with Crippen molar-refractivity contribution in [3.63, 3.8) is 0 Å². The Hall–Kier alpha value is -2.93. The number of pyridine rings is 2. The Labute approximate surface area is 149 Å². The molecule has 0 aromatic carbocycles. The van der Waals surface area contributed by atoms with Gasteiger partial charge in [-0.25, -0.2) is 4.98 Å². The summed E-state index contributed by atoms with van der Waals surface area (Å²) in [6.45, 7) is 6.13.